The van der Waals surface area contributed by atoms with E-state index >= 15 is 0 Å². The van der Waals surface area contributed by atoms with Gasteiger partial charge in [0.2, 0.25) is 0 Å². The third-order valence-corrected chi connectivity index (χ3v) is 3.24. The molecule has 0 saturated carbocycles. The second-order valence-electron chi connectivity index (χ2n) is 5.31. The van der Waals surface area contributed by atoms with Crippen molar-refractivity contribution in [2.75, 3.05) is 6.61 Å². The topological polar surface area (TPSA) is 38.3 Å². The van der Waals surface area contributed by atoms with Crippen molar-refractivity contribution in [3.05, 3.63) is 65.2 Å². The van der Waals surface area contributed by atoms with E-state index in [9.17, 15) is 4.79 Å². The van der Waals surface area contributed by atoms with Gasteiger partial charge in [0.25, 0.3) is 5.91 Å². The maximum atomic E-state index is 11.9. The fraction of sp³-hybridized carbons (Fsp3) is 0.278. The second-order valence-corrected chi connectivity index (χ2v) is 5.31. The lowest BCUT2D eigenvalue weighted by Gasteiger charge is -2.15. The number of hydrogen-bond donors (Lipinski definition) is 1. The van der Waals surface area contributed by atoms with E-state index in [1.54, 1.807) is 0 Å². The minimum atomic E-state index is -0.120. The van der Waals surface area contributed by atoms with Crippen LogP contribution in [0.2, 0.25) is 0 Å². The molecule has 0 fully saturated rings. The molecule has 2 aromatic carbocycles. The summed E-state index contributed by atoms with van der Waals surface area (Å²) in [4.78, 5) is 11.9. The number of carbonyl (C=O) groups is 1. The molecule has 0 aliphatic heterocycles. The first-order chi connectivity index (χ1) is 10.0. The molecule has 21 heavy (non-hydrogen) atoms. The van der Waals surface area contributed by atoms with Gasteiger partial charge in [0.05, 0.1) is 6.04 Å². The van der Waals surface area contributed by atoms with Gasteiger partial charge in [0.15, 0.2) is 6.61 Å². The van der Waals surface area contributed by atoms with Crippen molar-refractivity contribution >= 4 is 5.91 Å². The van der Waals surface area contributed by atoms with Gasteiger partial charge in [-0.05, 0) is 49.6 Å². The molecule has 0 bridgehead atoms. The lowest BCUT2D eigenvalue weighted by Crippen LogP contribution is -2.31. The Morgan fingerprint density at radius 3 is 2.33 bits per heavy atom. The molecule has 1 amide bonds. The molecule has 2 rings (SSSR count). The molecular weight excluding hydrogens is 262 g/mol. The standard InChI is InChI=1S/C18H21NO2/c1-13-9-14(2)11-17(10-13)21-12-18(20)19-15(3)16-7-5-4-6-8-16/h4-11,15H,12H2,1-3H3,(H,19,20)/t15-/m1/s1. The highest BCUT2D eigenvalue weighted by atomic mass is 16.5. The molecule has 0 spiro atoms. The summed E-state index contributed by atoms with van der Waals surface area (Å²) in [5, 5.41) is 2.93. The number of hydrogen-bond acceptors (Lipinski definition) is 2. The first-order valence-electron chi connectivity index (χ1n) is 7.10. The first kappa shape index (κ1) is 15.1. The van der Waals surface area contributed by atoms with E-state index in [4.69, 9.17) is 4.74 Å². The highest BCUT2D eigenvalue weighted by Gasteiger charge is 2.09. The van der Waals surface area contributed by atoms with Gasteiger partial charge in [-0.25, -0.2) is 0 Å². The van der Waals surface area contributed by atoms with E-state index in [0.717, 1.165) is 22.4 Å². The van der Waals surface area contributed by atoms with Gasteiger partial charge < -0.3 is 10.1 Å². The number of ether oxygens (including phenoxy) is 1. The van der Waals surface area contributed by atoms with Crippen molar-refractivity contribution < 1.29 is 9.53 Å². The van der Waals surface area contributed by atoms with Crippen molar-refractivity contribution in [1.29, 1.82) is 0 Å². The molecule has 3 heteroatoms. The van der Waals surface area contributed by atoms with Crippen LogP contribution in [0.5, 0.6) is 5.75 Å². The van der Waals surface area contributed by atoms with Gasteiger partial charge in [-0.3, -0.25) is 4.79 Å². The van der Waals surface area contributed by atoms with E-state index in [1.807, 2.05) is 63.2 Å². The summed E-state index contributed by atoms with van der Waals surface area (Å²) < 4.78 is 5.55. The normalized spacial score (nSPS) is 11.8. The Morgan fingerprint density at radius 1 is 1.10 bits per heavy atom. The van der Waals surface area contributed by atoms with Gasteiger partial charge in [0, 0.05) is 0 Å². The fourth-order valence-electron chi connectivity index (χ4n) is 2.27. The van der Waals surface area contributed by atoms with Crippen LogP contribution in [0.15, 0.2) is 48.5 Å². The maximum absolute atomic E-state index is 11.9. The van der Waals surface area contributed by atoms with Crippen LogP contribution in [-0.2, 0) is 4.79 Å². The Hall–Kier alpha value is -2.29. The minimum absolute atomic E-state index is 0.0263. The van der Waals surface area contributed by atoms with Crippen LogP contribution in [0, 0.1) is 13.8 Å². The molecule has 2 aromatic rings. The Bertz CT molecular complexity index is 588. The van der Waals surface area contributed by atoms with E-state index in [1.165, 1.54) is 0 Å². The largest absolute Gasteiger partial charge is 0.484 e. The molecule has 1 atom stereocenters. The van der Waals surface area contributed by atoms with E-state index in [2.05, 4.69) is 11.4 Å². The van der Waals surface area contributed by atoms with Crippen LogP contribution in [0.3, 0.4) is 0 Å². The van der Waals surface area contributed by atoms with Crippen molar-refractivity contribution in [3.63, 3.8) is 0 Å². The summed E-state index contributed by atoms with van der Waals surface area (Å²) in [6.45, 7) is 6.01. The first-order valence-corrected chi connectivity index (χ1v) is 7.10. The third-order valence-electron chi connectivity index (χ3n) is 3.24. The van der Waals surface area contributed by atoms with Crippen LogP contribution in [0.1, 0.15) is 29.7 Å². The molecule has 0 aliphatic carbocycles. The molecule has 0 heterocycles. The van der Waals surface area contributed by atoms with Gasteiger partial charge in [-0.2, -0.15) is 0 Å². The zero-order chi connectivity index (χ0) is 15.2. The zero-order valence-corrected chi connectivity index (χ0v) is 12.7. The number of rotatable bonds is 5. The predicted octanol–water partition coefficient (Wildman–Crippen LogP) is 3.56. The van der Waals surface area contributed by atoms with Gasteiger partial charge >= 0.3 is 0 Å². The molecular formula is C18H21NO2. The van der Waals surface area contributed by atoms with E-state index < -0.39 is 0 Å². The molecule has 1 N–H and O–H groups in total. The molecule has 0 aromatic heterocycles. The van der Waals surface area contributed by atoms with E-state index in [-0.39, 0.29) is 18.6 Å². The lowest BCUT2D eigenvalue weighted by molar-refractivity contribution is -0.123. The van der Waals surface area contributed by atoms with Gasteiger partial charge in [0.1, 0.15) is 5.75 Å². The molecule has 0 radical (unpaired) electrons. The summed E-state index contributed by atoms with van der Waals surface area (Å²) in [6.07, 6.45) is 0. The van der Waals surface area contributed by atoms with Crippen molar-refractivity contribution in [2.45, 2.75) is 26.8 Å². The molecule has 3 nitrogen and oxygen atoms in total. The monoisotopic (exact) mass is 283 g/mol. The number of amides is 1. The van der Waals surface area contributed by atoms with Gasteiger partial charge in [-0.1, -0.05) is 36.4 Å². The number of carbonyl (C=O) groups excluding carboxylic acids is 1. The SMILES string of the molecule is Cc1cc(C)cc(OCC(=O)N[C@H](C)c2ccccc2)c1. The molecule has 0 saturated heterocycles. The van der Waals surface area contributed by atoms with Gasteiger partial charge in [-0.15, -0.1) is 0 Å². The zero-order valence-electron chi connectivity index (χ0n) is 12.7. The average Bonchev–Trinajstić information content (AvgIpc) is 2.45. The maximum Gasteiger partial charge on any atom is 0.258 e. The van der Waals surface area contributed by atoms with E-state index in [0.29, 0.717) is 0 Å². The smallest absolute Gasteiger partial charge is 0.258 e. The van der Waals surface area contributed by atoms with Crippen molar-refractivity contribution in [3.8, 4) is 5.75 Å². The second kappa shape index (κ2) is 6.93. The van der Waals surface area contributed by atoms with Crippen LogP contribution in [-0.4, -0.2) is 12.5 Å². The number of aryl methyl sites for hydroxylation is 2. The Balaban J connectivity index is 1.87. The summed E-state index contributed by atoms with van der Waals surface area (Å²) in [5.74, 6) is 0.612. The van der Waals surface area contributed by atoms with Crippen molar-refractivity contribution in [2.24, 2.45) is 0 Å². The number of nitrogens with one attached hydrogen (secondary N) is 1. The summed E-state index contributed by atoms with van der Waals surface area (Å²) in [5.41, 5.74) is 3.34. The average molecular weight is 283 g/mol. The summed E-state index contributed by atoms with van der Waals surface area (Å²) in [6, 6.07) is 15.8. The minimum Gasteiger partial charge on any atom is -0.484 e. The van der Waals surface area contributed by atoms with Crippen molar-refractivity contribution in [1.82, 2.24) is 5.32 Å². The molecule has 110 valence electrons. The Labute approximate surface area is 126 Å². The summed E-state index contributed by atoms with van der Waals surface area (Å²) in [7, 11) is 0. The number of benzene rings is 2. The highest BCUT2D eigenvalue weighted by molar-refractivity contribution is 5.78. The lowest BCUT2D eigenvalue weighted by atomic mass is 10.1. The summed E-state index contributed by atoms with van der Waals surface area (Å²) >= 11 is 0. The fourth-order valence-corrected chi connectivity index (χ4v) is 2.27. The van der Waals surface area contributed by atoms with Crippen LogP contribution >= 0.6 is 0 Å². The Kier molecular flexibility index (Phi) is 4.99. The molecule has 0 aliphatic rings. The van der Waals surface area contributed by atoms with Crippen LogP contribution in [0.25, 0.3) is 0 Å². The highest BCUT2D eigenvalue weighted by Crippen LogP contribution is 2.16. The Morgan fingerprint density at radius 2 is 1.71 bits per heavy atom. The van der Waals surface area contributed by atoms with Crippen LogP contribution in [0.4, 0.5) is 0 Å². The molecule has 0 unspecified atom stereocenters. The van der Waals surface area contributed by atoms with Crippen LogP contribution < -0.4 is 10.1 Å². The quantitative estimate of drug-likeness (QED) is 0.911. The predicted molar refractivity (Wildman–Crippen MR) is 84.4 cm³/mol. The third kappa shape index (κ3) is 4.63.